The van der Waals surface area contributed by atoms with Crippen LogP contribution in [0.25, 0.3) is 0 Å². The van der Waals surface area contributed by atoms with Crippen molar-refractivity contribution in [3.63, 3.8) is 0 Å². The number of hydrogen-bond acceptors (Lipinski definition) is 2. The first-order valence-electron chi connectivity index (χ1n) is 8.47. The highest BCUT2D eigenvalue weighted by Gasteiger charge is 2.35. The topological polar surface area (TPSA) is 15.3 Å². The predicted molar refractivity (Wildman–Crippen MR) is 85.7 cm³/mol. The lowest BCUT2D eigenvalue weighted by Gasteiger charge is -2.43. The van der Waals surface area contributed by atoms with Gasteiger partial charge in [0.1, 0.15) is 0 Å². The van der Waals surface area contributed by atoms with Gasteiger partial charge in [0.05, 0.1) is 0 Å². The molecule has 114 valence electrons. The van der Waals surface area contributed by atoms with Crippen molar-refractivity contribution in [3.05, 3.63) is 0 Å². The van der Waals surface area contributed by atoms with Crippen LogP contribution in [0.15, 0.2) is 0 Å². The summed E-state index contributed by atoms with van der Waals surface area (Å²) in [6, 6.07) is 0.643. The lowest BCUT2D eigenvalue weighted by Crippen LogP contribution is -2.57. The van der Waals surface area contributed by atoms with Gasteiger partial charge in [-0.05, 0) is 65.1 Å². The highest BCUT2D eigenvalue weighted by Crippen LogP contribution is 2.27. The van der Waals surface area contributed by atoms with Gasteiger partial charge in [0.15, 0.2) is 0 Å². The molecule has 1 heterocycles. The monoisotopic (exact) mass is 268 g/mol. The molecule has 0 aromatic carbocycles. The van der Waals surface area contributed by atoms with Crippen molar-refractivity contribution >= 4 is 0 Å². The molecule has 1 saturated heterocycles. The second kappa shape index (κ2) is 8.26. The lowest BCUT2D eigenvalue weighted by atomic mass is 9.87. The summed E-state index contributed by atoms with van der Waals surface area (Å²) in [4.78, 5) is 2.70. The second-order valence-electron chi connectivity index (χ2n) is 7.18. The van der Waals surface area contributed by atoms with Gasteiger partial charge in [-0.2, -0.15) is 0 Å². The molecule has 0 radical (unpaired) electrons. The molecule has 1 fully saturated rings. The van der Waals surface area contributed by atoms with Crippen molar-refractivity contribution in [2.24, 2.45) is 5.92 Å². The Labute approximate surface area is 121 Å². The first-order valence-corrected chi connectivity index (χ1v) is 8.47. The molecule has 0 amide bonds. The Morgan fingerprint density at radius 3 is 2.26 bits per heavy atom. The fourth-order valence-corrected chi connectivity index (χ4v) is 3.27. The maximum absolute atomic E-state index is 3.82. The number of nitrogens with zero attached hydrogens (tertiary/aromatic N) is 1. The van der Waals surface area contributed by atoms with Crippen molar-refractivity contribution in [1.29, 1.82) is 0 Å². The minimum absolute atomic E-state index is 0.308. The molecule has 1 atom stereocenters. The molecule has 1 rings (SSSR count). The highest BCUT2D eigenvalue weighted by atomic mass is 15.2. The Kier molecular flexibility index (Phi) is 7.38. The Bertz CT molecular complexity index is 229. The van der Waals surface area contributed by atoms with Crippen LogP contribution in [0, 0.1) is 5.92 Å². The first kappa shape index (κ1) is 17.0. The van der Waals surface area contributed by atoms with Gasteiger partial charge in [0.25, 0.3) is 0 Å². The van der Waals surface area contributed by atoms with Crippen LogP contribution in [0.5, 0.6) is 0 Å². The van der Waals surface area contributed by atoms with Gasteiger partial charge in [0, 0.05) is 11.6 Å². The molecule has 0 aromatic rings. The fourth-order valence-electron chi connectivity index (χ4n) is 3.27. The van der Waals surface area contributed by atoms with Crippen LogP contribution < -0.4 is 5.32 Å². The van der Waals surface area contributed by atoms with Crippen LogP contribution in [0.2, 0.25) is 0 Å². The summed E-state index contributed by atoms with van der Waals surface area (Å²) in [6.45, 7) is 15.6. The molecule has 0 aliphatic carbocycles. The van der Waals surface area contributed by atoms with Crippen molar-refractivity contribution in [2.45, 2.75) is 84.7 Å². The van der Waals surface area contributed by atoms with Crippen molar-refractivity contribution in [1.82, 2.24) is 10.2 Å². The van der Waals surface area contributed by atoms with Gasteiger partial charge in [-0.25, -0.2) is 0 Å². The molecule has 1 aliphatic heterocycles. The highest BCUT2D eigenvalue weighted by molar-refractivity contribution is 4.95. The zero-order valence-corrected chi connectivity index (χ0v) is 14.0. The SMILES string of the molecule is CCCNC(CCCC(C)C)C(C)(C)N1CCCC1. The number of likely N-dealkylation sites (tertiary alicyclic amines) is 1. The van der Waals surface area contributed by atoms with E-state index in [1.54, 1.807) is 0 Å². The fraction of sp³-hybridized carbons (Fsp3) is 1.00. The Morgan fingerprint density at radius 1 is 1.11 bits per heavy atom. The van der Waals surface area contributed by atoms with Gasteiger partial charge < -0.3 is 5.32 Å². The van der Waals surface area contributed by atoms with E-state index in [-0.39, 0.29) is 0 Å². The molecule has 0 bridgehead atoms. The summed E-state index contributed by atoms with van der Waals surface area (Å²) < 4.78 is 0. The van der Waals surface area contributed by atoms with E-state index in [1.165, 1.54) is 51.6 Å². The minimum atomic E-state index is 0.308. The van der Waals surface area contributed by atoms with E-state index >= 15 is 0 Å². The van der Waals surface area contributed by atoms with Crippen LogP contribution in [-0.2, 0) is 0 Å². The van der Waals surface area contributed by atoms with E-state index in [9.17, 15) is 0 Å². The van der Waals surface area contributed by atoms with Gasteiger partial charge in [-0.1, -0.05) is 33.6 Å². The van der Waals surface area contributed by atoms with E-state index in [4.69, 9.17) is 0 Å². The summed E-state index contributed by atoms with van der Waals surface area (Å²) in [5.74, 6) is 0.835. The normalized spacial score (nSPS) is 19.3. The molecule has 19 heavy (non-hydrogen) atoms. The Hall–Kier alpha value is -0.0800. The van der Waals surface area contributed by atoms with Crippen LogP contribution >= 0.6 is 0 Å². The average Bonchev–Trinajstić information content (AvgIpc) is 2.87. The van der Waals surface area contributed by atoms with E-state index in [0.29, 0.717) is 11.6 Å². The zero-order valence-electron chi connectivity index (χ0n) is 14.0. The molecule has 0 saturated carbocycles. The summed E-state index contributed by atoms with van der Waals surface area (Å²) in [5, 5.41) is 3.82. The van der Waals surface area contributed by atoms with Crippen molar-refractivity contribution < 1.29 is 0 Å². The van der Waals surface area contributed by atoms with Crippen molar-refractivity contribution in [3.8, 4) is 0 Å². The molecule has 2 heteroatoms. The number of nitrogens with one attached hydrogen (secondary N) is 1. The lowest BCUT2D eigenvalue weighted by molar-refractivity contribution is 0.100. The van der Waals surface area contributed by atoms with Crippen LogP contribution in [-0.4, -0.2) is 36.1 Å². The number of rotatable bonds is 9. The summed E-state index contributed by atoms with van der Waals surface area (Å²) in [7, 11) is 0. The third kappa shape index (κ3) is 5.43. The van der Waals surface area contributed by atoms with E-state index in [0.717, 1.165) is 12.5 Å². The van der Waals surface area contributed by atoms with Crippen LogP contribution in [0.1, 0.15) is 73.1 Å². The molecule has 1 unspecified atom stereocenters. The van der Waals surface area contributed by atoms with E-state index in [1.807, 2.05) is 0 Å². The summed E-state index contributed by atoms with van der Waals surface area (Å²) in [5.41, 5.74) is 0.308. The van der Waals surface area contributed by atoms with Gasteiger partial charge in [-0.15, -0.1) is 0 Å². The molecular weight excluding hydrogens is 232 g/mol. The predicted octanol–water partition coefficient (Wildman–Crippen LogP) is 4.06. The van der Waals surface area contributed by atoms with Gasteiger partial charge in [0.2, 0.25) is 0 Å². The smallest absolute Gasteiger partial charge is 0.0306 e. The van der Waals surface area contributed by atoms with Crippen molar-refractivity contribution in [2.75, 3.05) is 19.6 Å². The molecule has 0 spiro atoms. The van der Waals surface area contributed by atoms with Crippen LogP contribution in [0.3, 0.4) is 0 Å². The van der Waals surface area contributed by atoms with Gasteiger partial charge in [-0.3, -0.25) is 4.90 Å². The second-order valence-corrected chi connectivity index (χ2v) is 7.18. The quantitative estimate of drug-likeness (QED) is 0.678. The zero-order chi connectivity index (χ0) is 14.3. The molecule has 0 aromatic heterocycles. The van der Waals surface area contributed by atoms with Gasteiger partial charge >= 0.3 is 0 Å². The minimum Gasteiger partial charge on any atom is -0.312 e. The summed E-state index contributed by atoms with van der Waals surface area (Å²) >= 11 is 0. The first-order chi connectivity index (χ1) is 8.98. The molecule has 2 nitrogen and oxygen atoms in total. The Morgan fingerprint density at radius 2 is 1.74 bits per heavy atom. The van der Waals surface area contributed by atoms with E-state index < -0.39 is 0 Å². The standard InChI is InChI=1S/C17H36N2/c1-6-12-18-16(11-9-10-15(2)3)17(4,5)19-13-7-8-14-19/h15-16,18H,6-14H2,1-5H3. The molecular formula is C17H36N2. The third-order valence-corrected chi connectivity index (χ3v) is 4.69. The third-order valence-electron chi connectivity index (χ3n) is 4.69. The molecule has 1 N–H and O–H groups in total. The number of hydrogen-bond donors (Lipinski definition) is 1. The average molecular weight is 268 g/mol. The largest absolute Gasteiger partial charge is 0.312 e. The maximum Gasteiger partial charge on any atom is 0.0306 e. The van der Waals surface area contributed by atoms with E-state index in [2.05, 4.69) is 44.8 Å². The molecule has 1 aliphatic rings. The van der Waals surface area contributed by atoms with Crippen LogP contribution in [0.4, 0.5) is 0 Å². The maximum atomic E-state index is 3.82. The Balaban J connectivity index is 2.54. The summed E-state index contributed by atoms with van der Waals surface area (Å²) in [6.07, 6.45) is 8.04.